The molecule has 20 heavy (non-hydrogen) atoms. The first kappa shape index (κ1) is 13.1. The zero-order chi connectivity index (χ0) is 14.2. The molecule has 2 aliphatic heterocycles. The number of nitrogens with zero attached hydrogens (tertiary/aromatic N) is 3. The normalized spacial score (nSPS) is 22.1. The molecule has 0 aliphatic carbocycles. The van der Waals surface area contributed by atoms with Crippen molar-refractivity contribution in [1.29, 1.82) is 0 Å². The predicted molar refractivity (Wildman–Crippen MR) is 77.3 cm³/mol. The number of ether oxygens (including phenoxy) is 2. The van der Waals surface area contributed by atoms with Crippen LogP contribution in [-0.4, -0.2) is 42.6 Å². The molecule has 5 heteroatoms. The Hall–Kier alpha value is -1.91. The van der Waals surface area contributed by atoms with E-state index in [1.165, 1.54) is 0 Å². The second-order valence-electron chi connectivity index (χ2n) is 6.07. The summed E-state index contributed by atoms with van der Waals surface area (Å²) in [7, 11) is 0. The van der Waals surface area contributed by atoms with E-state index in [0.717, 1.165) is 11.4 Å². The largest absolute Gasteiger partial charge is 0.474 e. The van der Waals surface area contributed by atoms with E-state index >= 15 is 0 Å². The van der Waals surface area contributed by atoms with Gasteiger partial charge in [0.15, 0.2) is 0 Å². The van der Waals surface area contributed by atoms with Gasteiger partial charge in [-0.2, -0.15) is 0 Å². The molecule has 0 saturated heterocycles. The van der Waals surface area contributed by atoms with Crippen LogP contribution >= 0.6 is 0 Å². The lowest BCUT2D eigenvalue weighted by atomic mass is 9.88. The van der Waals surface area contributed by atoms with Crippen molar-refractivity contribution in [3.05, 3.63) is 29.6 Å². The van der Waals surface area contributed by atoms with Crippen molar-refractivity contribution in [2.24, 2.45) is 15.4 Å². The Bertz CT molecular complexity index is 573. The molecule has 106 valence electrons. The van der Waals surface area contributed by atoms with Crippen molar-refractivity contribution in [3.8, 4) is 0 Å². The van der Waals surface area contributed by atoms with Crippen LogP contribution in [0.4, 0.5) is 0 Å². The fourth-order valence-corrected chi connectivity index (χ4v) is 2.12. The van der Waals surface area contributed by atoms with Gasteiger partial charge < -0.3 is 9.47 Å². The van der Waals surface area contributed by atoms with Gasteiger partial charge in [-0.1, -0.05) is 26.8 Å². The van der Waals surface area contributed by atoms with E-state index < -0.39 is 0 Å². The van der Waals surface area contributed by atoms with Gasteiger partial charge in [-0.15, -0.1) is 0 Å². The first-order valence-electron chi connectivity index (χ1n) is 6.90. The molecule has 1 aromatic rings. The number of pyridine rings is 1. The summed E-state index contributed by atoms with van der Waals surface area (Å²) in [5.74, 6) is 1.23. The van der Waals surface area contributed by atoms with Crippen molar-refractivity contribution < 1.29 is 9.47 Å². The number of aliphatic imine (C=N–C) groups is 2. The van der Waals surface area contributed by atoms with Crippen molar-refractivity contribution in [1.82, 2.24) is 4.98 Å². The Morgan fingerprint density at radius 2 is 1.85 bits per heavy atom. The highest BCUT2D eigenvalue weighted by Gasteiger charge is 2.31. The van der Waals surface area contributed by atoms with Crippen LogP contribution in [0.1, 0.15) is 32.2 Å². The van der Waals surface area contributed by atoms with Crippen molar-refractivity contribution >= 4 is 11.8 Å². The number of rotatable bonds is 2. The van der Waals surface area contributed by atoms with Crippen LogP contribution in [0.2, 0.25) is 0 Å². The molecule has 0 unspecified atom stereocenters. The molecule has 3 heterocycles. The first-order chi connectivity index (χ1) is 9.54. The highest BCUT2D eigenvalue weighted by molar-refractivity contribution is 5.97. The van der Waals surface area contributed by atoms with Crippen LogP contribution in [0, 0.1) is 5.41 Å². The van der Waals surface area contributed by atoms with E-state index in [-0.39, 0.29) is 11.5 Å². The summed E-state index contributed by atoms with van der Waals surface area (Å²) in [5, 5.41) is 0. The highest BCUT2D eigenvalue weighted by atomic mass is 16.5. The lowest BCUT2D eigenvalue weighted by Gasteiger charge is -2.21. The molecule has 0 radical (unpaired) electrons. The van der Waals surface area contributed by atoms with Gasteiger partial charge in [0.25, 0.3) is 0 Å². The molecule has 0 fully saturated rings. The molecule has 0 N–H and O–H groups in total. The maximum absolute atomic E-state index is 5.70. The van der Waals surface area contributed by atoms with Crippen LogP contribution in [0.25, 0.3) is 0 Å². The average molecular weight is 273 g/mol. The van der Waals surface area contributed by atoms with Crippen LogP contribution in [0.5, 0.6) is 0 Å². The molecule has 1 atom stereocenters. The Morgan fingerprint density at radius 1 is 1.10 bits per heavy atom. The van der Waals surface area contributed by atoms with Crippen LogP contribution in [-0.2, 0) is 9.47 Å². The van der Waals surface area contributed by atoms with Gasteiger partial charge in [0.1, 0.15) is 24.6 Å². The monoisotopic (exact) mass is 273 g/mol. The number of hydrogen-bond acceptors (Lipinski definition) is 5. The molecule has 0 aromatic carbocycles. The standard InChI is InChI=1S/C15H19N3O2/c1-15(2,3)12-9-20-14(18-12)11-6-4-5-10(17-11)13-16-7-8-19-13/h4-6,12H,7-9H2,1-3H3/t12-/m1/s1. The van der Waals surface area contributed by atoms with Crippen molar-refractivity contribution in [2.75, 3.05) is 19.8 Å². The lowest BCUT2D eigenvalue weighted by molar-refractivity contribution is 0.235. The SMILES string of the molecule is CC(C)(C)[C@H]1COC(c2cccc(C3=NCCO3)n2)=N1. The number of hydrogen-bond donors (Lipinski definition) is 0. The second-order valence-corrected chi connectivity index (χ2v) is 6.07. The molecule has 0 bridgehead atoms. The van der Waals surface area contributed by atoms with Gasteiger partial charge in [0.2, 0.25) is 11.8 Å². The molecule has 0 spiro atoms. The van der Waals surface area contributed by atoms with Gasteiger partial charge in [-0.25, -0.2) is 15.0 Å². The van der Waals surface area contributed by atoms with Gasteiger partial charge in [0.05, 0.1) is 12.6 Å². The van der Waals surface area contributed by atoms with E-state index in [9.17, 15) is 0 Å². The summed E-state index contributed by atoms with van der Waals surface area (Å²) in [6.07, 6.45) is 0. The fraction of sp³-hybridized carbons (Fsp3) is 0.533. The Kier molecular flexibility index (Phi) is 3.20. The average Bonchev–Trinajstić information content (AvgIpc) is 3.10. The van der Waals surface area contributed by atoms with E-state index in [4.69, 9.17) is 9.47 Å². The summed E-state index contributed by atoms with van der Waals surface area (Å²) < 4.78 is 11.1. The highest BCUT2D eigenvalue weighted by Crippen LogP contribution is 2.27. The van der Waals surface area contributed by atoms with Crippen molar-refractivity contribution in [2.45, 2.75) is 26.8 Å². The minimum atomic E-state index is 0.0952. The minimum Gasteiger partial charge on any atom is -0.474 e. The molecule has 1 aromatic heterocycles. The fourth-order valence-electron chi connectivity index (χ4n) is 2.12. The maximum Gasteiger partial charge on any atom is 0.235 e. The molecule has 3 rings (SSSR count). The van der Waals surface area contributed by atoms with E-state index in [1.54, 1.807) is 0 Å². The van der Waals surface area contributed by atoms with Gasteiger partial charge >= 0.3 is 0 Å². The van der Waals surface area contributed by atoms with E-state index in [0.29, 0.717) is 31.6 Å². The van der Waals surface area contributed by atoms with Gasteiger partial charge in [-0.05, 0) is 17.5 Å². The summed E-state index contributed by atoms with van der Waals surface area (Å²) in [4.78, 5) is 13.5. The Labute approximate surface area is 118 Å². The molecule has 0 amide bonds. The Morgan fingerprint density at radius 3 is 2.45 bits per heavy atom. The predicted octanol–water partition coefficient (Wildman–Crippen LogP) is 2.05. The summed E-state index contributed by atoms with van der Waals surface area (Å²) in [6.45, 7) is 8.44. The molecule has 0 saturated carbocycles. The maximum atomic E-state index is 5.70. The summed E-state index contributed by atoms with van der Waals surface area (Å²) >= 11 is 0. The summed E-state index contributed by atoms with van der Waals surface area (Å²) in [5.41, 5.74) is 1.58. The molecular weight excluding hydrogens is 254 g/mol. The zero-order valence-corrected chi connectivity index (χ0v) is 12.1. The first-order valence-corrected chi connectivity index (χ1v) is 6.90. The third-order valence-electron chi connectivity index (χ3n) is 3.42. The van der Waals surface area contributed by atoms with E-state index in [1.807, 2.05) is 18.2 Å². The summed E-state index contributed by atoms with van der Waals surface area (Å²) in [6, 6.07) is 5.90. The smallest absolute Gasteiger partial charge is 0.235 e. The molecule has 5 nitrogen and oxygen atoms in total. The Balaban J connectivity index is 1.86. The molecule has 2 aliphatic rings. The second kappa shape index (κ2) is 4.89. The quantitative estimate of drug-likeness (QED) is 0.828. The van der Waals surface area contributed by atoms with Crippen molar-refractivity contribution in [3.63, 3.8) is 0 Å². The van der Waals surface area contributed by atoms with Gasteiger partial charge in [-0.3, -0.25) is 0 Å². The lowest BCUT2D eigenvalue weighted by Crippen LogP contribution is -2.25. The zero-order valence-electron chi connectivity index (χ0n) is 12.1. The van der Waals surface area contributed by atoms with Crippen LogP contribution in [0.3, 0.4) is 0 Å². The number of aromatic nitrogens is 1. The van der Waals surface area contributed by atoms with E-state index in [2.05, 4.69) is 35.7 Å². The topological polar surface area (TPSA) is 56.1 Å². The third kappa shape index (κ3) is 2.53. The van der Waals surface area contributed by atoms with Crippen LogP contribution in [0.15, 0.2) is 28.2 Å². The van der Waals surface area contributed by atoms with Crippen LogP contribution < -0.4 is 0 Å². The molecular formula is C15H19N3O2. The third-order valence-corrected chi connectivity index (χ3v) is 3.42. The minimum absolute atomic E-state index is 0.0952. The van der Waals surface area contributed by atoms with Gasteiger partial charge in [0, 0.05) is 0 Å².